The van der Waals surface area contributed by atoms with Gasteiger partial charge in [-0.15, -0.1) is 0 Å². The highest BCUT2D eigenvalue weighted by Gasteiger charge is 2.47. The average Bonchev–Trinajstić information content (AvgIpc) is 3.41. The fraction of sp³-hybridized carbons (Fsp3) is 0.269. The molecule has 0 saturated carbocycles. The number of rotatable bonds is 7. The van der Waals surface area contributed by atoms with Crippen LogP contribution in [-0.4, -0.2) is 33.3 Å². The summed E-state index contributed by atoms with van der Waals surface area (Å²) in [6.45, 7) is 6.68. The first kappa shape index (κ1) is 22.3. The van der Waals surface area contributed by atoms with Gasteiger partial charge < -0.3 is 19.2 Å². The molecule has 1 aliphatic rings. The Morgan fingerprint density at radius 3 is 2.64 bits per heavy atom. The SMILES string of the molecule is Cc1cc(/C(O)=C2/C(=O)C(=O)N(Cc3ccccn3)C2c2ccco2)ccc1OCC(C)C. The van der Waals surface area contributed by atoms with Crippen LogP contribution in [0, 0.1) is 12.8 Å². The number of carbonyl (C=O) groups is 2. The van der Waals surface area contributed by atoms with Crippen LogP contribution >= 0.6 is 0 Å². The second-order valence-electron chi connectivity index (χ2n) is 8.45. The Labute approximate surface area is 192 Å². The van der Waals surface area contributed by atoms with Gasteiger partial charge in [-0.2, -0.15) is 0 Å². The van der Waals surface area contributed by atoms with Crippen LogP contribution in [0.3, 0.4) is 0 Å². The van der Waals surface area contributed by atoms with E-state index in [1.54, 1.807) is 48.7 Å². The lowest BCUT2D eigenvalue weighted by molar-refractivity contribution is -0.140. The third-order valence-electron chi connectivity index (χ3n) is 5.43. The summed E-state index contributed by atoms with van der Waals surface area (Å²) in [6.07, 6.45) is 3.10. The van der Waals surface area contributed by atoms with Crippen LogP contribution in [0.25, 0.3) is 5.76 Å². The highest BCUT2D eigenvalue weighted by molar-refractivity contribution is 6.46. The van der Waals surface area contributed by atoms with Crippen molar-refractivity contribution in [3.05, 3.63) is 89.1 Å². The highest BCUT2D eigenvalue weighted by Crippen LogP contribution is 2.40. The van der Waals surface area contributed by atoms with E-state index >= 15 is 0 Å². The van der Waals surface area contributed by atoms with Gasteiger partial charge in [-0.25, -0.2) is 0 Å². The number of Topliss-reactive ketones (excluding diaryl/α,β-unsaturated/α-hetero) is 1. The van der Waals surface area contributed by atoms with Crippen LogP contribution in [0.5, 0.6) is 5.75 Å². The Morgan fingerprint density at radius 2 is 2.00 bits per heavy atom. The van der Waals surface area contributed by atoms with Gasteiger partial charge in [-0.05, 0) is 60.9 Å². The molecule has 4 rings (SSSR count). The molecule has 1 N–H and O–H groups in total. The third-order valence-corrected chi connectivity index (χ3v) is 5.43. The minimum absolute atomic E-state index is 0.0128. The lowest BCUT2D eigenvalue weighted by Crippen LogP contribution is -2.29. The smallest absolute Gasteiger partial charge is 0.296 e. The molecule has 1 aliphatic heterocycles. The number of amides is 1. The number of aryl methyl sites for hydroxylation is 1. The minimum Gasteiger partial charge on any atom is -0.507 e. The zero-order valence-corrected chi connectivity index (χ0v) is 18.8. The zero-order valence-electron chi connectivity index (χ0n) is 18.8. The van der Waals surface area contributed by atoms with Crippen molar-refractivity contribution >= 4 is 17.4 Å². The van der Waals surface area contributed by atoms with Gasteiger partial charge in [0.2, 0.25) is 0 Å². The number of ketones is 1. The Bertz CT molecular complexity index is 1180. The van der Waals surface area contributed by atoms with Crippen LogP contribution in [-0.2, 0) is 16.1 Å². The summed E-state index contributed by atoms with van der Waals surface area (Å²) in [5, 5.41) is 11.2. The van der Waals surface area contributed by atoms with Gasteiger partial charge in [0.1, 0.15) is 23.3 Å². The van der Waals surface area contributed by atoms with E-state index in [1.807, 2.05) is 13.0 Å². The molecule has 7 heteroatoms. The fourth-order valence-electron chi connectivity index (χ4n) is 3.82. The third kappa shape index (κ3) is 4.53. The van der Waals surface area contributed by atoms with Crippen molar-refractivity contribution in [3.63, 3.8) is 0 Å². The van der Waals surface area contributed by atoms with Gasteiger partial charge in [0.25, 0.3) is 11.7 Å². The van der Waals surface area contributed by atoms with Crippen LogP contribution < -0.4 is 4.74 Å². The van der Waals surface area contributed by atoms with Crippen molar-refractivity contribution in [1.29, 1.82) is 0 Å². The molecule has 1 aromatic carbocycles. The summed E-state index contributed by atoms with van der Waals surface area (Å²) >= 11 is 0. The number of pyridine rings is 1. The zero-order chi connectivity index (χ0) is 23.5. The van der Waals surface area contributed by atoms with Crippen LogP contribution in [0.1, 0.15) is 42.5 Å². The van der Waals surface area contributed by atoms with Gasteiger partial charge in [-0.1, -0.05) is 19.9 Å². The van der Waals surface area contributed by atoms with E-state index in [9.17, 15) is 14.7 Å². The number of hydrogen-bond donors (Lipinski definition) is 1. The molecule has 170 valence electrons. The highest BCUT2D eigenvalue weighted by atomic mass is 16.5. The Morgan fingerprint density at radius 1 is 1.18 bits per heavy atom. The summed E-state index contributed by atoms with van der Waals surface area (Å²) in [4.78, 5) is 31.7. The monoisotopic (exact) mass is 446 g/mol. The quantitative estimate of drug-likeness (QED) is 0.323. The summed E-state index contributed by atoms with van der Waals surface area (Å²) in [7, 11) is 0. The van der Waals surface area contributed by atoms with Gasteiger partial charge in [0.15, 0.2) is 0 Å². The van der Waals surface area contributed by atoms with Crippen LogP contribution in [0.2, 0.25) is 0 Å². The fourth-order valence-corrected chi connectivity index (χ4v) is 3.82. The molecule has 0 aliphatic carbocycles. The summed E-state index contributed by atoms with van der Waals surface area (Å²) in [5.74, 6) is -0.254. The predicted octanol–water partition coefficient (Wildman–Crippen LogP) is 4.64. The number of hydrogen-bond acceptors (Lipinski definition) is 6. The summed E-state index contributed by atoms with van der Waals surface area (Å²) in [5.41, 5.74) is 1.85. The van der Waals surface area contributed by atoms with E-state index in [1.165, 1.54) is 11.2 Å². The molecule has 3 heterocycles. The predicted molar refractivity (Wildman–Crippen MR) is 122 cm³/mol. The van der Waals surface area contributed by atoms with E-state index in [0.717, 1.165) is 5.56 Å². The molecule has 0 bridgehead atoms. The van der Waals surface area contributed by atoms with Crippen molar-refractivity contribution in [2.24, 2.45) is 5.92 Å². The molecule has 33 heavy (non-hydrogen) atoms. The van der Waals surface area contributed by atoms with Crippen molar-refractivity contribution in [2.75, 3.05) is 6.61 Å². The first-order chi connectivity index (χ1) is 15.9. The van der Waals surface area contributed by atoms with E-state index in [4.69, 9.17) is 9.15 Å². The Hall–Kier alpha value is -3.87. The number of benzene rings is 1. The lowest BCUT2D eigenvalue weighted by atomic mass is 9.98. The van der Waals surface area contributed by atoms with E-state index < -0.39 is 17.7 Å². The van der Waals surface area contributed by atoms with Crippen molar-refractivity contribution in [2.45, 2.75) is 33.4 Å². The molecular weight excluding hydrogens is 420 g/mol. The Kier molecular flexibility index (Phi) is 6.31. The minimum atomic E-state index is -0.862. The van der Waals surface area contributed by atoms with E-state index in [2.05, 4.69) is 18.8 Å². The van der Waals surface area contributed by atoms with Gasteiger partial charge in [0, 0.05) is 11.8 Å². The molecule has 3 aromatic rings. The molecule has 2 aromatic heterocycles. The maximum absolute atomic E-state index is 13.1. The second-order valence-corrected chi connectivity index (χ2v) is 8.45. The molecule has 1 saturated heterocycles. The van der Waals surface area contributed by atoms with Crippen molar-refractivity contribution in [3.8, 4) is 5.75 Å². The molecule has 0 radical (unpaired) electrons. The van der Waals surface area contributed by atoms with Crippen molar-refractivity contribution < 1.29 is 23.8 Å². The maximum atomic E-state index is 13.1. The number of carbonyl (C=O) groups excluding carboxylic acids is 2. The van der Waals surface area contributed by atoms with E-state index in [0.29, 0.717) is 35.3 Å². The second kappa shape index (κ2) is 9.32. The van der Waals surface area contributed by atoms with Crippen LogP contribution in [0.15, 0.2) is 71.0 Å². The first-order valence-corrected chi connectivity index (χ1v) is 10.8. The molecular formula is C26H26N2O5. The number of aromatic nitrogens is 1. The number of aliphatic hydroxyl groups is 1. The van der Waals surface area contributed by atoms with Crippen LogP contribution in [0.4, 0.5) is 0 Å². The average molecular weight is 447 g/mol. The number of aliphatic hydroxyl groups excluding tert-OH is 1. The largest absolute Gasteiger partial charge is 0.507 e. The van der Waals surface area contributed by atoms with Gasteiger partial charge in [-0.3, -0.25) is 14.6 Å². The molecule has 7 nitrogen and oxygen atoms in total. The molecule has 0 spiro atoms. The molecule has 1 amide bonds. The van der Waals surface area contributed by atoms with Gasteiger partial charge >= 0.3 is 0 Å². The normalized spacial score (nSPS) is 17.7. The Balaban J connectivity index is 1.75. The molecule has 1 unspecified atom stereocenters. The van der Waals surface area contributed by atoms with E-state index in [-0.39, 0.29) is 17.9 Å². The molecule has 1 fully saturated rings. The van der Waals surface area contributed by atoms with Crippen molar-refractivity contribution in [1.82, 2.24) is 9.88 Å². The number of furan rings is 1. The standard InChI is InChI=1S/C26H26N2O5/c1-16(2)15-33-20-10-9-18(13-17(20)3)24(29)22-23(21-8-6-12-32-21)28(26(31)25(22)30)14-19-7-4-5-11-27-19/h4-13,16,23,29H,14-15H2,1-3H3/b24-22-. The summed E-state index contributed by atoms with van der Waals surface area (Å²) < 4.78 is 11.4. The van der Waals surface area contributed by atoms with Gasteiger partial charge in [0.05, 0.1) is 30.7 Å². The number of ether oxygens (including phenoxy) is 1. The number of nitrogens with zero attached hydrogens (tertiary/aromatic N) is 2. The first-order valence-electron chi connectivity index (χ1n) is 10.8. The molecule has 1 atom stereocenters. The number of likely N-dealkylation sites (tertiary alicyclic amines) is 1. The lowest BCUT2D eigenvalue weighted by Gasteiger charge is -2.23. The topological polar surface area (TPSA) is 92.9 Å². The summed E-state index contributed by atoms with van der Waals surface area (Å²) in [6, 6.07) is 13.1. The maximum Gasteiger partial charge on any atom is 0.296 e.